The van der Waals surface area contributed by atoms with Gasteiger partial charge in [-0.05, 0) is 24.5 Å². The second-order valence-electron chi connectivity index (χ2n) is 1.94. The fourth-order valence-electron chi connectivity index (χ4n) is 0.630. The first-order valence-electron chi connectivity index (χ1n) is 2.65. The van der Waals surface area contributed by atoms with Crippen LogP contribution in [0.5, 0.6) is 0 Å². The minimum Gasteiger partial charge on any atom is -0.316 e. The van der Waals surface area contributed by atoms with Gasteiger partial charge >= 0.3 is 0 Å². The van der Waals surface area contributed by atoms with Gasteiger partial charge in [-0.1, -0.05) is 5.11 Å². The van der Waals surface area contributed by atoms with E-state index in [1.165, 1.54) is 0 Å². The highest BCUT2D eigenvalue weighted by molar-refractivity contribution is 5.85. The molecule has 5 heteroatoms. The van der Waals surface area contributed by atoms with E-state index in [0.29, 0.717) is 12.5 Å². The summed E-state index contributed by atoms with van der Waals surface area (Å²) in [6.45, 7) is 2.68. The molecule has 0 amide bonds. The zero-order valence-electron chi connectivity index (χ0n) is 4.95. The zero-order valence-corrected chi connectivity index (χ0v) is 5.77. The zero-order chi connectivity index (χ0) is 5.82. The highest BCUT2D eigenvalue weighted by Gasteiger charge is 2.14. The Balaban J connectivity index is 0.000000640. The maximum Gasteiger partial charge on any atom is 0.0310 e. The molecule has 52 valence electrons. The molecular formula is C4H9ClN4. The van der Waals surface area contributed by atoms with Gasteiger partial charge in [0.15, 0.2) is 0 Å². The van der Waals surface area contributed by atoms with Crippen LogP contribution in [0.25, 0.3) is 10.4 Å². The van der Waals surface area contributed by atoms with E-state index in [-0.39, 0.29) is 12.4 Å². The van der Waals surface area contributed by atoms with Crippen molar-refractivity contribution in [3.8, 4) is 0 Å². The van der Waals surface area contributed by atoms with Crippen LogP contribution in [0, 0.1) is 5.92 Å². The SMILES string of the molecule is Cl.[N-]=[N+]=NCC1CNC1. The second-order valence-corrected chi connectivity index (χ2v) is 1.94. The largest absolute Gasteiger partial charge is 0.316 e. The van der Waals surface area contributed by atoms with Crippen molar-refractivity contribution in [1.29, 1.82) is 0 Å². The summed E-state index contributed by atoms with van der Waals surface area (Å²) in [5.41, 5.74) is 7.87. The number of nitrogens with zero attached hydrogens (tertiary/aromatic N) is 3. The number of halogens is 1. The highest BCUT2D eigenvalue weighted by atomic mass is 35.5. The molecule has 0 aromatic carbocycles. The number of hydrogen-bond acceptors (Lipinski definition) is 2. The van der Waals surface area contributed by atoms with E-state index in [0.717, 1.165) is 13.1 Å². The number of rotatable bonds is 2. The predicted molar refractivity (Wildman–Crippen MR) is 37.6 cm³/mol. The fraction of sp³-hybridized carbons (Fsp3) is 1.00. The first-order chi connectivity index (χ1) is 3.93. The molecule has 0 bridgehead atoms. The molecule has 1 N–H and O–H groups in total. The average Bonchev–Trinajstić information content (AvgIpc) is 1.63. The van der Waals surface area contributed by atoms with Gasteiger partial charge in [-0.15, -0.1) is 12.4 Å². The molecule has 0 spiro atoms. The third-order valence-corrected chi connectivity index (χ3v) is 1.27. The van der Waals surface area contributed by atoms with Crippen LogP contribution in [-0.4, -0.2) is 19.6 Å². The van der Waals surface area contributed by atoms with Crippen LogP contribution in [0.3, 0.4) is 0 Å². The van der Waals surface area contributed by atoms with Crippen LogP contribution in [-0.2, 0) is 0 Å². The first-order valence-corrected chi connectivity index (χ1v) is 2.65. The van der Waals surface area contributed by atoms with Crippen LogP contribution in [0.1, 0.15) is 0 Å². The van der Waals surface area contributed by atoms with Crippen molar-refractivity contribution in [2.45, 2.75) is 0 Å². The molecule has 1 aliphatic heterocycles. The molecule has 1 saturated heterocycles. The van der Waals surface area contributed by atoms with Gasteiger partial charge in [0.1, 0.15) is 0 Å². The Labute approximate surface area is 59.7 Å². The fourth-order valence-corrected chi connectivity index (χ4v) is 0.630. The van der Waals surface area contributed by atoms with Crippen LogP contribution >= 0.6 is 12.4 Å². The lowest BCUT2D eigenvalue weighted by Gasteiger charge is -2.24. The summed E-state index contributed by atoms with van der Waals surface area (Å²) in [5, 5.41) is 6.52. The Morgan fingerprint density at radius 2 is 2.33 bits per heavy atom. The summed E-state index contributed by atoms with van der Waals surface area (Å²) in [4.78, 5) is 2.65. The molecule has 0 radical (unpaired) electrons. The van der Waals surface area contributed by atoms with Gasteiger partial charge in [0.2, 0.25) is 0 Å². The molecule has 1 rings (SSSR count). The molecular weight excluding hydrogens is 140 g/mol. The molecule has 0 unspecified atom stereocenters. The first kappa shape index (κ1) is 8.56. The summed E-state index contributed by atoms with van der Waals surface area (Å²) in [5.74, 6) is 0.603. The Morgan fingerprint density at radius 3 is 2.67 bits per heavy atom. The van der Waals surface area contributed by atoms with Crippen LogP contribution in [0.2, 0.25) is 0 Å². The molecule has 1 aliphatic rings. The van der Waals surface area contributed by atoms with E-state index in [4.69, 9.17) is 5.53 Å². The molecule has 4 nitrogen and oxygen atoms in total. The lowest BCUT2D eigenvalue weighted by atomic mass is 10.1. The second kappa shape index (κ2) is 4.44. The number of nitrogens with one attached hydrogen (secondary N) is 1. The Morgan fingerprint density at radius 1 is 1.67 bits per heavy atom. The van der Waals surface area contributed by atoms with Gasteiger partial charge in [-0.2, -0.15) is 0 Å². The van der Waals surface area contributed by atoms with E-state index < -0.39 is 0 Å². The Kier molecular flexibility index (Phi) is 4.22. The van der Waals surface area contributed by atoms with Crippen molar-refractivity contribution >= 4 is 12.4 Å². The van der Waals surface area contributed by atoms with E-state index in [9.17, 15) is 0 Å². The highest BCUT2D eigenvalue weighted by Crippen LogP contribution is 2.01. The average molecular weight is 149 g/mol. The lowest BCUT2D eigenvalue weighted by Crippen LogP contribution is -2.43. The van der Waals surface area contributed by atoms with Crippen molar-refractivity contribution in [2.75, 3.05) is 19.6 Å². The smallest absolute Gasteiger partial charge is 0.0310 e. The van der Waals surface area contributed by atoms with Crippen molar-refractivity contribution in [3.63, 3.8) is 0 Å². The summed E-state index contributed by atoms with van der Waals surface area (Å²) in [7, 11) is 0. The molecule has 0 aromatic heterocycles. The maximum absolute atomic E-state index is 7.87. The molecule has 0 atom stereocenters. The summed E-state index contributed by atoms with van der Waals surface area (Å²) in [6, 6.07) is 0. The molecule has 0 aliphatic carbocycles. The third-order valence-electron chi connectivity index (χ3n) is 1.27. The van der Waals surface area contributed by atoms with Crippen LogP contribution in [0.4, 0.5) is 0 Å². The van der Waals surface area contributed by atoms with Crippen LogP contribution < -0.4 is 5.32 Å². The molecule has 9 heavy (non-hydrogen) atoms. The van der Waals surface area contributed by atoms with Crippen molar-refractivity contribution in [2.24, 2.45) is 11.0 Å². The van der Waals surface area contributed by atoms with Crippen molar-refractivity contribution in [1.82, 2.24) is 5.32 Å². The number of hydrogen-bond donors (Lipinski definition) is 1. The standard InChI is InChI=1S/C4H8N4.ClH/c5-8-7-3-4-1-6-2-4;/h4,6H,1-3H2;1H. The molecule has 0 aromatic rings. The van der Waals surface area contributed by atoms with Gasteiger partial charge in [-0.25, -0.2) is 0 Å². The summed E-state index contributed by atoms with van der Waals surface area (Å²) in [6.07, 6.45) is 0. The minimum atomic E-state index is 0. The van der Waals surface area contributed by atoms with E-state index in [2.05, 4.69) is 15.3 Å². The monoisotopic (exact) mass is 148 g/mol. The quantitative estimate of drug-likeness (QED) is 0.354. The van der Waals surface area contributed by atoms with E-state index >= 15 is 0 Å². The Bertz CT molecular complexity index is 116. The topological polar surface area (TPSA) is 60.8 Å². The van der Waals surface area contributed by atoms with Crippen LogP contribution in [0.15, 0.2) is 5.11 Å². The van der Waals surface area contributed by atoms with E-state index in [1.54, 1.807) is 0 Å². The van der Waals surface area contributed by atoms with E-state index in [1.807, 2.05) is 0 Å². The Hall–Kier alpha value is -0.440. The van der Waals surface area contributed by atoms with Gasteiger partial charge in [0.05, 0.1) is 0 Å². The molecule has 0 saturated carbocycles. The van der Waals surface area contributed by atoms with Gasteiger partial charge in [-0.3, -0.25) is 0 Å². The number of azide groups is 1. The molecule has 1 fully saturated rings. The minimum absolute atomic E-state index is 0. The van der Waals surface area contributed by atoms with Gasteiger partial charge in [0.25, 0.3) is 0 Å². The van der Waals surface area contributed by atoms with Gasteiger partial charge in [0, 0.05) is 11.5 Å². The summed E-state index contributed by atoms with van der Waals surface area (Å²) >= 11 is 0. The summed E-state index contributed by atoms with van der Waals surface area (Å²) < 4.78 is 0. The van der Waals surface area contributed by atoms with Crippen molar-refractivity contribution in [3.05, 3.63) is 10.4 Å². The molecule has 1 heterocycles. The third kappa shape index (κ3) is 2.56. The predicted octanol–water partition coefficient (Wildman–Crippen LogP) is 0.938. The maximum atomic E-state index is 7.87. The lowest BCUT2D eigenvalue weighted by molar-refractivity contribution is 0.357. The van der Waals surface area contributed by atoms with Crippen molar-refractivity contribution < 1.29 is 0 Å². The van der Waals surface area contributed by atoms with Gasteiger partial charge < -0.3 is 5.32 Å². The normalized spacial score (nSPS) is 16.9.